The molecule has 0 amide bonds. The van der Waals surface area contributed by atoms with Crippen LogP contribution in [0.3, 0.4) is 0 Å². The van der Waals surface area contributed by atoms with E-state index in [1.54, 1.807) is 6.07 Å². The third-order valence-corrected chi connectivity index (χ3v) is 4.46. The van der Waals surface area contributed by atoms with Crippen LogP contribution in [0.4, 0.5) is 4.39 Å². The van der Waals surface area contributed by atoms with Crippen LogP contribution in [0.1, 0.15) is 11.3 Å². The quantitative estimate of drug-likeness (QED) is 0.552. The largest absolute Gasteiger partial charge is 0.361 e. The Bertz CT molecular complexity index is 999. The number of hydrogen-bond acceptors (Lipinski definition) is 2. The number of benzene rings is 2. The summed E-state index contributed by atoms with van der Waals surface area (Å²) < 4.78 is 16.0. The van der Waals surface area contributed by atoms with Crippen molar-refractivity contribution in [3.05, 3.63) is 65.7 Å². The lowest BCUT2D eigenvalue weighted by Gasteiger charge is -2.07. The summed E-state index contributed by atoms with van der Waals surface area (Å²) in [5, 5.41) is 10.1. The molecule has 0 aliphatic rings. The van der Waals surface area contributed by atoms with Crippen molar-refractivity contribution in [1.29, 1.82) is 0 Å². The third kappa shape index (κ3) is 2.57. The van der Waals surface area contributed by atoms with Crippen LogP contribution < -0.4 is 5.32 Å². The van der Waals surface area contributed by atoms with Gasteiger partial charge in [0.15, 0.2) is 0 Å². The van der Waals surface area contributed by atoms with Gasteiger partial charge in [-0.05, 0) is 24.3 Å². The van der Waals surface area contributed by atoms with Gasteiger partial charge in [-0.15, -0.1) is 0 Å². The molecule has 0 bridgehead atoms. The zero-order valence-corrected chi connectivity index (χ0v) is 13.5. The Morgan fingerprint density at radius 1 is 1.12 bits per heavy atom. The average Bonchev–Trinajstić information content (AvgIpc) is 3.19. The van der Waals surface area contributed by atoms with Crippen LogP contribution in [-0.2, 0) is 20.0 Å². The number of aromatic amines is 1. The van der Waals surface area contributed by atoms with E-state index in [1.807, 2.05) is 36.1 Å². The monoisotopic (exact) mass is 322 g/mol. The first-order valence-corrected chi connectivity index (χ1v) is 8.10. The zero-order valence-electron chi connectivity index (χ0n) is 13.5. The highest BCUT2D eigenvalue weighted by molar-refractivity contribution is 5.83. The molecule has 0 aliphatic carbocycles. The molecule has 2 N–H and O–H groups in total. The van der Waals surface area contributed by atoms with Gasteiger partial charge < -0.3 is 10.3 Å². The number of halogens is 1. The van der Waals surface area contributed by atoms with Crippen LogP contribution in [0.5, 0.6) is 0 Å². The van der Waals surface area contributed by atoms with E-state index in [1.165, 1.54) is 11.5 Å². The fraction of sp³-hybridized carbons (Fsp3) is 0.211. The number of nitrogens with zero attached hydrogens (tertiary/aromatic N) is 2. The lowest BCUT2D eigenvalue weighted by atomic mass is 10.1. The topological polar surface area (TPSA) is 45.6 Å². The van der Waals surface area contributed by atoms with Gasteiger partial charge in [-0.1, -0.05) is 18.2 Å². The summed E-state index contributed by atoms with van der Waals surface area (Å²) in [6, 6.07) is 13.4. The first kappa shape index (κ1) is 14.9. The minimum Gasteiger partial charge on any atom is -0.361 e. The SMILES string of the molecule is Cn1nc(CCNCc2c(F)ccc3[nH]ccc23)c2ccccc21. The molecule has 0 saturated carbocycles. The van der Waals surface area contributed by atoms with E-state index in [2.05, 4.69) is 27.5 Å². The molecule has 5 heteroatoms. The van der Waals surface area contributed by atoms with Crippen LogP contribution in [0.2, 0.25) is 0 Å². The fourth-order valence-corrected chi connectivity index (χ4v) is 3.24. The molecule has 4 aromatic rings. The standard InChI is InChI=1S/C19H19FN4/c1-24-19-5-3-2-4-14(19)18(23-24)9-10-21-12-15-13-8-11-22-17(13)7-6-16(15)20/h2-8,11,21-22H,9-10,12H2,1H3. The Morgan fingerprint density at radius 2 is 2.00 bits per heavy atom. The molecular weight excluding hydrogens is 303 g/mol. The predicted molar refractivity (Wildman–Crippen MR) is 94.4 cm³/mol. The van der Waals surface area contributed by atoms with E-state index < -0.39 is 0 Å². The summed E-state index contributed by atoms with van der Waals surface area (Å²) >= 11 is 0. The second kappa shape index (κ2) is 6.09. The van der Waals surface area contributed by atoms with Gasteiger partial charge in [0.2, 0.25) is 0 Å². The van der Waals surface area contributed by atoms with Gasteiger partial charge in [-0.2, -0.15) is 5.10 Å². The van der Waals surface area contributed by atoms with Crippen molar-refractivity contribution < 1.29 is 4.39 Å². The molecular formula is C19H19FN4. The molecule has 122 valence electrons. The molecule has 0 aliphatic heterocycles. The summed E-state index contributed by atoms with van der Waals surface area (Å²) in [6.45, 7) is 1.26. The molecule has 0 fully saturated rings. The van der Waals surface area contributed by atoms with Crippen molar-refractivity contribution in [2.24, 2.45) is 7.05 Å². The van der Waals surface area contributed by atoms with E-state index >= 15 is 0 Å². The maximum atomic E-state index is 14.1. The average molecular weight is 322 g/mol. The molecule has 0 spiro atoms. The van der Waals surface area contributed by atoms with Gasteiger partial charge in [-0.3, -0.25) is 4.68 Å². The van der Waals surface area contributed by atoms with Gasteiger partial charge in [0.1, 0.15) is 5.82 Å². The Labute approximate surface area is 139 Å². The number of aryl methyl sites for hydroxylation is 1. The van der Waals surface area contributed by atoms with E-state index in [4.69, 9.17) is 0 Å². The summed E-state index contributed by atoms with van der Waals surface area (Å²) in [5.41, 5.74) is 3.88. The van der Waals surface area contributed by atoms with E-state index in [0.29, 0.717) is 12.1 Å². The number of nitrogens with one attached hydrogen (secondary N) is 2. The maximum Gasteiger partial charge on any atom is 0.128 e. The number of aromatic nitrogens is 3. The smallest absolute Gasteiger partial charge is 0.128 e. The molecule has 4 rings (SSSR count). The highest BCUT2D eigenvalue weighted by Gasteiger charge is 2.10. The lowest BCUT2D eigenvalue weighted by Crippen LogP contribution is -2.18. The summed E-state index contributed by atoms with van der Waals surface area (Å²) in [5.74, 6) is -0.169. The van der Waals surface area contributed by atoms with Crippen molar-refractivity contribution >= 4 is 21.8 Å². The van der Waals surface area contributed by atoms with E-state index in [-0.39, 0.29) is 5.82 Å². The Balaban J connectivity index is 1.46. The second-order valence-corrected chi connectivity index (χ2v) is 5.98. The molecule has 4 nitrogen and oxygen atoms in total. The van der Waals surface area contributed by atoms with Gasteiger partial charge in [0.05, 0.1) is 11.2 Å². The third-order valence-electron chi connectivity index (χ3n) is 4.46. The van der Waals surface area contributed by atoms with E-state index in [0.717, 1.165) is 35.1 Å². The van der Waals surface area contributed by atoms with Crippen LogP contribution in [0, 0.1) is 5.82 Å². The minimum atomic E-state index is -0.169. The highest BCUT2D eigenvalue weighted by Crippen LogP contribution is 2.21. The van der Waals surface area contributed by atoms with Crippen LogP contribution in [0.25, 0.3) is 21.8 Å². The van der Waals surface area contributed by atoms with Crippen molar-refractivity contribution in [3.8, 4) is 0 Å². The number of para-hydroxylation sites is 1. The molecule has 0 radical (unpaired) electrons. The van der Waals surface area contributed by atoms with Crippen LogP contribution in [-0.4, -0.2) is 21.3 Å². The number of hydrogen-bond donors (Lipinski definition) is 2. The van der Waals surface area contributed by atoms with Gasteiger partial charge in [0, 0.05) is 54.6 Å². The van der Waals surface area contributed by atoms with Gasteiger partial charge in [-0.25, -0.2) is 4.39 Å². The first-order chi connectivity index (χ1) is 11.7. The van der Waals surface area contributed by atoms with Gasteiger partial charge >= 0.3 is 0 Å². The lowest BCUT2D eigenvalue weighted by molar-refractivity contribution is 0.590. The van der Waals surface area contributed by atoms with Crippen LogP contribution >= 0.6 is 0 Å². The molecule has 0 saturated heterocycles. The summed E-state index contributed by atoms with van der Waals surface area (Å²) in [4.78, 5) is 3.12. The minimum absolute atomic E-state index is 0.169. The normalized spacial score (nSPS) is 11.6. The Hall–Kier alpha value is -2.66. The molecule has 2 aromatic heterocycles. The Morgan fingerprint density at radius 3 is 2.92 bits per heavy atom. The van der Waals surface area contributed by atoms with Crippen molar-refractivity contribution in [3.63, 3.8) is 0 Å². The van der Waals surface area contributed by atoms with Crippen LogP contribution in [0.15, 0.2) is 48.7 Å². The predicted octanol–water partition coefficient (Wildman–Crippen LogP) is 3.53. The van der Waals surface area contributed by atoms with E-state index in [9.17, 15) is 4.39 Å². The van der Waals surface area contributed by atoms with Crippen molar-refractivity contribution in [1.82, 2.24) is 20.1 Å². The molecule has 2 aromatic carbocycles. The maximum absolute atomic E-state index is 14.1. The molecule has 24 heavy (non-hydrogen) atoms. The first-order valence-electron chi connectivity index (χ1n) is 8.10. The Kier molecular flexibility index (Phi) is 3.78. The molecule has 2 heterocycles. The number of H-pyrrole nitrogens is 1. The molecule has 0 unspecified atom stereocenters. The number of rotatable bonds is 5. The van der Waals surface area contributed by atoms with Crippen molar-refractivity contribution in [2.75, 3.05) is 6.54 Å². The van der Waals surface area contributed by atoms with Crippen molar-refractivity contribution in [2.45, 2.75) is 13.0 Å². The second-order valence-electron chi connectivity index (χ2n) is 5.98. The summed E-state index contributed by atoms with van der Waals surface area (Å²) in [6.07, 6.45) is 2.65. The van der Waals surface area contributed by atoms with Gasteiger partial charge in [0.25, 0.3) is 0 Å². The fourth-order valence-electron chi connectivity index (χ4n) is 3.24. The summed E-state index contributed by atoms with van der Waals surface area (Å²) in [7, 11) is 1.96. The highest BCUT2D eigenvalue weighted by atomic mass is 19.1. The zero-order chi connectivity index (χ0) is 16.5. The number of fused-ring (bicyclic) bond motifs is 2. The molecule has 0 atom stereocenters.